The molecule has 0 saturated carbocycles. The van der Waals surface area contributed by atoms with Crippen LogP contribution >= 0.6 is 0 Å². The Balaban J connectivity index is 0.000000487. The van der Waals surface area contributed by atoms with Gasteiger partial charge in [-0.1, -0.05) is 30.3 Å². The van der Waals surface area contributed by atoms with Crippen LogP contribution in [0.2, 0.25) is 0 Å². The van der Waals surface area contributed by atoms with Crippen molar-refractivity contribution in [1.29, 1.82) is 0 Å². The molecular weight excluding hydrogens is 338 g/mol. The minimum absolute atomic E-state index is 0.806. The summed E-state index contributed by atoms with van der Waals surface area (Å²) in [7, 11) is 3.34. The summed E-state index contributed by atoms with van der Waals surface area (Å²) < 4.78 is 10.5. The Morgan fingerprint density at radius 1 is 0.885 bits per heavy atom. The highest BCUT2D eigenvalue weighted by atomic mass is 16.5. The minimum Gasteiger partial charge on any atom is -0.497 e. The van der Waals surface area contributed by atoms with E-state index in [0.717, 1.165) is 36.6 Å². The number of hydrogen-bond acceptors (Lipinski definition) is 5. The van der Waals surface area contributed by atoms with Gasteiger partial charge in [-0.2, -0.15) is 0 Å². The second-order valence-corrected chi connectivity index (χ2v) is 5.24. The van der Waals surface area contributed by atoms with Gasteiger partial charge in [-0.3, -0.25) is 0 Å². The highest BCUT2D eigenvalue weighted by Crippen LogP contribution is 2.22. The summed E-state index contributed by atoms with van der Waals surface area (Å²) >= 11 is 0. The zero-order valence-electron chi connectivity index (χ0n) is 14.8. The third kappa shape index (κ3) is 8.16. The van der Waals surface area contributed by atoms with Crippen LogP contribution in [0.4, 0.5) is 0 Å². The van der Waals surface area contributed by atoms with Crippen LogP contribution < -0.4 is 14.8 Å². The summed E-state index contributed by atoms with van der Waals surface area (Å²) in [5.41, 5.74) is 2.51. The summed E-state index contributed by atoms with van der Waals surface area (Å²) in [6, 6.07) is 16.4. The molecule has 2 aromatic carbocycles. The lowest BCUT2D eigenvalue weighted by Gasteiger charge is -2.09. The lowest BCUT2D eigenvalue weighted by Crippen LogP contribution is -2.16. The average Bonchev–Trinajstić information content (AvgIpc) is 2.66. The first-order chi connectivity index (χ1) is 12.5. The summed E-state index contributed by atoms with van der Waals surface area (Å²) in [4.78, 5) is 18.2. The van der Waals surface area contributed by atoms with Crippen molar-refractivity contribution in [3.8, 4) is 11.5 Å². The average molecular weight is 361 g/mol. The standard InChI is InChI=1S/C17H21NO2.C2H2O4/c1-19-16-10-15(11-17(12-16)20-2)13-18-9-8-14-6-4-3-5-7-14;3-1(4)2(5)6/h3-7,10-12,18H,8-9,13H2,1-2H3;(H,3,4)(H,5,6). The van der Waals surface area contributed by atoms with Crippen LogP contribution in [0.25, 0.3) is 0 Å². The number of benzene rings is 2. The quantitative estimate of drug-likeness (QED) is 0.513. The molecule has 140 valence electrons. The first-order valence-electron chi connectivity index (χ1n) is 7.89. The molecule has 2 rings (SSSR count). The van der Waals surface area contributed by atoms with E-state index in [9.17, 15) is 0 Å². The largest absolute Gasteiger partial charge is 0.497 e. The molecule has 0 saturated heterocycles. The monoisotopic (exact) mass is 361 g/mol. The van der Waals surface area contributed by atoms with E-state index >= 15 is 0 Å². The van der Waals surface area contributed by atoms with E-state index in [1.54, 1.807) is 14.2 Å². The van der Waals surface area contributed by atoms with Gasteiger partial charge in [0.2, 0.25) is 0 Å². The maximum absolute atomic E-state index is 9.10. The molecule has 0 spiro atoms. The number of aliphatic carboxylic acids is 2. The van der Waals surface area contributed by atoms with Crippen molar-refractivity contribution < 1.29 is 29.3 Å². The SMILES string of the molecule is COc1cc(CNCCc2ccccc2)cc(OC)c1.O=C(O)C(=O)O. The molecule has 0 heterocycles. The Hall–Kier alpha value is -3.06. The van der Waals surface area contributed by atoms with Crippen molar-refractivity contribution in [2.75, 3.05) is 20.8 Å². The van der Waals surface area contributed by atoms with E-state index in [1.165, 1.54) is 5.56 Å². The number of rotatable bonds is 7. The van der Waals surface area contributed by atoms with E-state index in [2.05, 4.69) is 29.6 Å². The maximum atomic E-state index is 9.10. The van der Waals surface area contributed by atoms with Gasteiger partial charge in [0, 0.05) is 12.6 Å². The van der Waals surface area contributed by atoms with Crippen LogP contribution in [0.15, 0.2) is 48.5 Å². The Morgan fingerprint density at radius 2 is 1.42 bits per heavy atom. The van der Waals surface area contributed by atoms with Gasteiger partial charge in [0.05, 0.1) is 14.2 Å². The van der Waals surface area contributed by atoms with E-state index in [-0.39, 0.29) is 0 Å². The number of carboxylic acid groups (broad SMARTS) is 2. The third-order valence-corrected chi connectivity index (χ3v) is 3.36. The predicted molar refractivity (Wildman–Crippen MR) is 96.7 cm³/mol. The van der Waals surface area contributed by atoms with Crippen LogP contribution in [0.3, 0.4) is 0 Å². The van der Waals surface area contributed by atoms with E-state index in [1.807, 2.05) is 24.3 Å². The number of ether oxygens (including phenoxy) is 2. The third-order valence-electron chi connectivity index (χ3n) is 3.36. The Kier molecular flexibility index (Phi) is 9.27. The van der Waals surface area contributed by atoms with Gasteiger partial charge >= 0.3 is 11.9 Å². The van der Waals surface area contributed by atoms with Crippen molar-refractivity contribution >= 4 is 11.9 Å². The molecule has 0 unspecified atom stereocenters. The molecule has 0 bridgehead atoms. The van der Waals surface area contributed by atoms with Gasteiger partial charge in [0.1, 0.15) is 11.5 Å². The fraction of sp³-hybridized carbons (Fsp3) is 0.263. The summed E-state index contributed by atoms with van der Waals surface area (Å²) in [5, 5.41) is 18.2. The second-order valence-electron chi connectivity index (χ2n) is 5.24. The fourth-order valence-electron chi connectivity index (χ4n) is 2.08. The van der Waals surface area contributed by atoms with Crippen LogP contribution in [-0.4, -0.2) is 42.9 Å². The van der Waals surface area contributed by atoms with Gasteiger partial charge in [-0.15, -0.1) is 0 Å². The molecule has 7 nitrogen and oxygen atoms in total. The molecule has 3 N–H and O–H groups in total. The highest BCUT2D eigenvalue weighted by Gasteiger charge is 2.04. The van der Waals surface area contributed by atoms with Gasteiger partial charge in [0.15, 0.2) is 0 Å². The first kappa shape index (κ1) is 21.0. The molecule has 0 fully saturated rings. The normalized spacial score (nSPS) is 9.62. The van der Waals surface area contributed by atoms with Crippen molar-refractivity contribution in [2.45, 2.75) is 13.0 Å². The maximum Gasteiger partial charge on any atom is 0.414 e. The van der Waals surface area contributed by atoms with E-state index in [0.29, 0.717) is 0 Å². The summed E-state index contributed by atoms with van der Waals surface area (Å²) in [6.07, 6.45) is 1.03. The number of nitrogens with one attached hydrogen (secondary N) is 1. The van der Waals surface area contributed by atoms with E-state index in [4.69, 9.17) is 29.3 Å². The predicted octanol–water partition coefficient (Wildman–Crippen LogP) is 2.19. The molecule has 7 heteroatoms. The molecule has 0 aliphatic rings. The topological polar surface area (TPSA) is 105 Å². The Labute approximate surface area is 152 Å². The lowest BCUT2D eigenvalue weighted by atomic mass is 10.1. The van der Waals surface area contributed by atoms with Gasteiger partial charge in [-0.05, 0) is 36.2 Å². The molecule has 0 atom stereocenters. The van der Waals surface area contributed by atoms with Crippen LogP contribution in [0, 0.1) is 0 Å². The molecule has 2 aromatic rings. The number of hydrogen-bond donors (Lipinski definition) is 3. The van der Waals surface area contributed by atoms with Gasteiger partial charge in [0.25, 0.3) is 0 Å². The van der Waals surface area contributed by atoms with Gasteiger partial charge < -0.3 is 25.0 Å². The number of methoxy groups -OCH3 is 2. The molecule has 26 heavy (non-hydrogen) atoms. The van der Waals surface area contributed by atoms with Crippen molar-refractivity contribution in [3.05, 3.63) is 59.7 Å². The van der Waals surface area contributed by atoms with Crippen molar-refractivity contribution in [3.63, 3.8) is 0 Å². The first-order valence-corrected chi connectivity index (χ1v) is 7.89. The minimum atomic E-state index is -1.82. The van der Waals surface area contributed by atoms with Crippen molar-refractivity contribution in [1.82, 2.24) is 5.32 Å². The lowest BCUT2D eigenvalue weighted by molar-refractivity contribution is -0.159. The molecule has 0 aliphatic heterocycles. The van der Waals surface area contributed by atoms with Gasteiger partial charge in [-0.25, -0.2) is 9.59 Å². The molecule has 0 radical (unpaired) electrons. The zero-order chi connectivity index (χ0) is 19.4. The molecular formula is C19H23NO6. The van der Waals surface area contributed by atoms with Crippen molar-refractivity contribution in [2.24, 2.45) is 0 Å². The second kappa shape index (κ2) is 11.5. The molecule has 0 aromatic heterocycles. The smallest absolute Gasteiger partial charge is 0.414 e. The highest BCUT2D eigenvalue weighted by molar-refractivity contribution is 6.27. The zero-order valence-corrected chi connectivity index (χ0v) is 14.8. The fourth-order valence-corrected chi connectivity index (χ4v) is 2.08. The van der Waals surface area contributed by atoms with Crippen LogP contribution in [0.1, 0.15) is 11.1 Å². The van der Waals surface area contributed by atoms with E-state index < -0.39 is 11.9 Å². The molecule has 0 aliphatic carbocycles. The summed E-state index contributed by atoms with van der Waals surface area (Å²) in [5.74, 6) is -2.00. The van der Waals surface area contributed by atoms with Crippen LogP contribution in [-0.2, 0) is 22.6 Å². The Bertz CT molecular complexity index is 668. The number of carboxylic acids is 2. The van der Waals surface area contributed by atoms with Crippen LogP contribution in [0.5, 0.6) is 11.5 Å². The summed E-state index contributed by atoms with van der Waals surface area (Å²) in [6.45, 7) is 1.75. The Morgan fingerprint density at radius 3 is 1.88 bits per heavy atom. The molecule has 0 amide bonds. The number of carbonyl (C=O) groups is 2.